The van der Waals surface area contributed by atoms with E-state index in [1.54, 1.807) is 6.20 Å². The molecule has 2 aromatic carbocycles. The fraction of sp³-hybridized carbons (Fsp3) is 0.273. The summed E-state index contributed by atoms with van der Waals surface area (Å²) < 4.78 is 2.04. The minimum atomic E-state index is 0.224. The lowest BCUT2D eigenvalue weighted by Crippen LogP contribution is -2.49. The molecule has 5 nitrogen and oxygen atoms in total. The van der Waals surface area contributed by atoms with Gasteiger partial charge in [-0.2, -0.15) is 0 Å². The van der Waals surface area contributed by atoms with Crippen LogP contribution >= 0.6 is 11.6 Å². The van der Waals surface area contributed by atoms with Gasteiger partial charge in [0.25, 0.3) is 0 Å². The van der Waals surface area contributed by atoms with E-state index in [1.807, 2.05) is 58.1 Å². The number of anilines is 1. The fourth-order valence-electron chi connectivity index (χ4n) is 3.57. The average Bonchev–Trinajstić information content (AvgIpc) is 3.23. The van der Waals surface area contributed by atoms with Crippen molar-refractivity contribution in [1.82, 2.24) is 14.5 Å². The van der Waals surface area contributed by atoms with Gasteiger partial charge in [-0.15, -0.1) is 0 Å². The average molecular weight is 395 g/mol. The molecule has 0 spiro atoms. The molecule has 0 saturated carbocycles. The van der Waals surface area contributed by atoms with E-state index in [2.05, 4.69) is 22.0 Å². The van der Waals surface area contributed by atoms with Gasteiger partial charge < -0.3 is 9.80 Å². The number of benzene rings is 2. The number of halogens is 1. The van der Waals surface area contributed by atoms with Gasteiger partial charge in [-0.25, -0.2) is 4.98 Å². The van der Waals surface area contributed by atoms with Gasteiger partial charge in [0.05, 0.1) is 0 Å². The van der Waals surface area contributed by atoms with Crippen LogP contribution in [0, 0.1) is 0 Å². The smallest absolute Gasteiger partial charge is 0.223 e. The Hall–Kier alpha value is -2.79. The second-order valence-electron chi connectivity index (χ2n) is 6.93. The summed E-state index contributed by atoms with van der Waals surface area (Å²) in [6.45, 7) is 2.98. The molecule has 2 heterocycles. The molecule has 3 aromatic rings. The quantitative estimate of drug-likeness (QED) is 0.660. The number of rotatable bonds is 5. The highest BCUT2D eigenvalue weighted by molar-refractivity contribution is 6.30. The molecule has 0 bridgehead atoms. The Morgan fingerprint density at radius 1 is 1.00 bits per heavy atom. The van der Waals surface area contributed by atoms with Crippen molar-refractivity contribution in [3.63, 3.8) is 0 Å². The lowest BCUT2D eigenvalue weighted by molar-refractivity contribution is -0.131. The number of piperazine rings is 1. The first-order chi connectivity index (χ1) is 13.7. The number of aryl methyl sites for hydroxylation is 1. The summed E-state index contributed by atoms with van der Waals surface area (Å²) in [5, 5.41) is 0.700. The summed E-state index contributed by atoms with van der Waals surface area (Å²) in [6, 6.07) is 17.9. The molecule has 6 heteroatoms. The number of aromatic nitrogens is 2. The van der Waals surface area contributed by atoms with Crippen LogP contribution in [0.5, 0.6) is 0 Å². The first-order valence-corrected chi connectivity index (χ1v) is 9.94. The van der Waals surface area contributed by atoms with Gasteiger partial charge in [-0.3, -0.25) is 9.36 Å². The molecule has 144 valence electrons. The maximum Gasteiger partial charge on any atom is 0.223 e. The third kappa shape index (κ3) is 4.20. The lowest BCUT2D eigenvalue weighted by Gasteiger charge is -2.35. The summed E-state index contributed by atoms with van der Waals surface area (Å²) >= 11 is 6.14. The van der Waals surface area contributed by atoms with Crippen LogP contribution in [0.3, 0.4) is 0 Å². The summed E-state index contributed by atoms with van der Waals surface area (Å²) in [5.41, 5.74) is 2.19. The van der Waals surface area contributed by atoms with Crippen LogP contribution in [0.2, 0.25) is 5.02 Å². The van der Waals surface area contributed by atoms with Gasteiger partial charge in [0.15, 0.2) is 0 Å². The minimum absolute atomic E-state index is 0.224. The maximum atomic E-state index is 12.6. The van der Waals surface area contributed by atoms with Crippen molar-refractivity contribution in [2.45, 2.75) is 12.8 Å². The molecular formula is C22H23ClN4O. The highest BCUT2D eigenvalue weighted by Crippen LogP contribution is 2.22. The number of hydrogen-bond donors (Lipinski definition) is 0. The van der Waals surface area contributed by atoms with Crippen LogP contribution in [-0.4, -0.2) is 46.5 Å². The molecular weight excluding hydrogens is 372 g/mol. The van der Waals surface area contributed by atoms with E-state index in [-0.39, 0.29) is 5.91 Å². The zero-order chi connectivity index (χ0) is 19.3. The first kappa shape index (κ1) is 18.6. The van der Waals surface area contributed by atoms with Gasteiger partial charge in [0.2, 0.25) is 11.9 Å². The van der Waals surface area contributed by atoms with Gasteiger partial charge in [-0.1, -0.05) is 48.0 Å². The van der Waals surface area contributed by atoms with E-state index in [0.29, 0.717) is 11.4 Å². The van der Waals surface area contributed by atoms with Gasteiger partial charge in [0.1, 0.15) is 0 Å². The molecule has 1 aromatic heterocycles. The Morgan fingerprint density at radius 2 is 1.79 bits per heavy atom. The van der Waals surface area contributed by atoms with Crippen molar-refractivity contribution in [1.29, 1.82) is 0 Å². The molecule has 0 atom stereocenters. The number of carbonyl (C=O) groups is 1. The molecule has 0 N–H and O–H groups in total. The Balaban J connectivity index is 1.36. The van der Waals surface area contributed by atoms with Crippen LogP contribution in [0.25, 0.3) is 5.69 Å². The molecule has 1 fully saturated rings. The molecule has 4 rings (SSSR count). The molecule has 0 aliphatic carbocycles. The number of amides is 1. The second-order valence-corrected chi connectivity index (χ2v) is 7.37. The largest absolute Gasteiger partial charge is 0.339 e. The Labute approximate surface area is 170 Å². The summed E-state index contributed by atoms with van der Waals surface area (Å²) in [7, 11) is 0. The van der Waals surface area contributed by atoms with Crippen molar-refractivity contribution >= 4 is 23.5 Å². The molecule has 1 saturated heterocycles. The summed E-state index contributed by atoms with van der Waals surface area (Å²) in [4.78, 5) is 21.3. The topological polar surface area (TPSA) is 41.4 Å². The van der Waals surface area contributed by atoms with Crippen LogP contribution in [0.1, 0.15) is 12.0 Å². The minimum Gasteiger partial charge on any atom is -0.339 e. The Morgan fingerprint density at radius 3 is 2.54 bits per heavy atom. The van der Waals surface area contributed by atoms with Crippen molar-refractivity contribution in [3.05, 3.63) is 77.6 Å². The predicted octanol–water partition coefficient (Wildman–Crippen LogP) is 3.81. The van der Waals surface area contributed by atoms with E-state index in [0.717, 1.165) is 44.2 Å². The van der Waals surface area contributed by atoms with E-state index < -0.39 is 0 Å². The molecule has 1 aliphatic rings. The van der Waals surface area contributed by atoms with Crippen molar-refractivity contribution in [2.75, 3.05) is 31.1 Å². The van der Waals surface area contributed by atoms with E-state index in [1.165, 1.54) is 5.56 Å². The summed E-state index contributed by atoms with van der Waals surface area (Å²) in [6.07, 6.45) is 5.09. The van der Waals surface area contributed by atoms with Crippen LogP contribution < -0.4 is 4.90 Å². The SMILES string of the molecule is O=C(CCc1ccccc1)N1CCN(c2nccn2-c2cccc(Cl)c2)CC1. The zero-order valence-electron chi connectivity index (χ0n) is 15.7. The Kier molecular flexibility index (Phi) is 5.63. The third-order valence-corrected chi connectivity index (χ3v) is 5.33. The monoisotopic (exact) mass is 394 g/mol. The number of carbonyl (C=O) groups excluding carboxylic acids is 1. The second kappa shape index (κ2) is 8.48. The zero-order valence-corrected chi connectivity index (χ0v) is 16.4. The van der Waals surface area contributed by atoms with Crippen LogP contribution in [0.15, 0.2) is 67.0 Å². The fourth-order valence-corrected chi connectivity index (χ4v) is 3.75. The van der Waals surface area contributed by atoms with Crippen LogP contribution in [0.4, 0.5) is 5.95 Å². The highest BCUT2D eigenvalue weighted by atomic mass is 35.5. The molecule has 0 radical (unpaired) electrons. The number of hydrogen-bond acceptors (Lipinski definition) is 3. The molecule has 1 amide bonds. The van der Waals surface area contributed by atoms with Crippen molar-refractivity contribution in [2.24, 2.45) is 0 Å². The normalized spacial score (nSPS) is 14.3. The van der Waals surface area contributed by atoms with Gasteiger partial charge in [0, 0.05) is 55.7 Å². The highest BCUT2D eigenvalue weighted by Gasteiger charge is 2.23. The molecule has 1 aliphatic heterocycles. The van der Waals surface area contributed by atoms with Gasteiger partial charge in [-0.05, 0) is 30.2 Å². The van der Waals surface area contributed by atoms with E-state index in [9.17, 15) is 4.79 Å². The van der Waals surface area contributed by atoms with E-state index >= 15 is 0 Å². The number of imidazole rings is 1. The number of nitrogens with zero attached hydrogens (tertiary/aromatic N) is 4. The lowest BCUT2D eigenvalue weighted by atomic mass is 10.1. The first-order valence-electron chi connectivity index (χ1n) is 9.56. The third-order valence-electron chi connectivity index (χ3n) is 5.09. The Bertz CT molecular complexity index is 932. The molecule has 0 unspecified atom stereocenters. The predicted molar refractivity (Wildman–Crippen MR) is 112 cm³/mol. The standard InChI is InChI=1S/C22H23ClN4O/c23-19-7-4-8-20(17-19)27-12-11-24-22(27)26-15-13-25(14-16-26)21(28)10-9-18-5-2-1-3-6-18/h1-8,11-12,17H,9-10,13-16H2. The van der Waals surface area contributed by atoms with Crippen molar-refractivity contribution in [3.8, 4) is 5.69 Å². The molecule has 28 heavy (non-hydrogen) atoms. The maximum absolute atomic E-state index is 12.6. The van der Waals surface area contributed by atoms with E-state index in [4.69, 9.17) is 11.6 Å². The van der Waals surface area contributed by atoms with Crippen molar-refractivity contribution < 1.29 is 4.79 Å². The summed E-state index contributed by atoms with van der Waals surface area (Å²) in [5.74, 6) is 1.11. The van der Waals surface area contributed by atoms with Crippen LogP contribution in [-0.2, 0) is 11.2 Å². The van der Waals surface area contributed by atoms with Gasteiger partial charge >= 0.3 is 0 Å².